The fourth-order valence-corrected chi connectivity index (χ4v) is 6.61. The molecule has 4 atom stereocenters. The molecule has 36 heavy (non-hydrogen) atoms. The smallest absolute Gasteiger partial charge is 0.356 e. The largest absolute Gasteiger partial charge is 0.497 e. The summed E-state index contributed by atoms with van der Waals surface area (Å²) >= 11 is 0. The molecule has 194 valence electrons. The van der Waals surface area contributed by atoms with Crippen molar-refractivity contribution in [2.75, 3.05) is 32.4 Å². The molecule has 3 aromatic rings. The monoisotopic (exact) mass is 517 g/mol. The maximum Gasteiger partial charge on any atom is 0.356 e. The fraction of sp³-hybridized carbons (Fsp3) is 0.542. The maximum absolute atomic E-state index is 13.0. The molecule has 2 heterocycles. The zero-order valence-electron chi connectivity index (χ0n) is 20.7. The number of fused-ring (bicyclic) bond motifs is 2. The molecule has 0 radical (unpaired) electrons. The number of nitrogens with two attached hydrogens (primary N) is 1. The van der Waals surface area contributed by atoms with Gasteiger partial charge >= 0.3 is 7.60 Å². The Morgan fingerprint density at radius 1 is 1.11 bits per heavy atom. The number of nitrogens with zero attached hydrogens (tertiary/aromatic N) is 4. The van der Waals surface area contributed by atoms with Gasteiger partial charge in [0.1, 0.15) is 23.9 Å². The van der Waals surface area contributed by atoms with E-state index in [9.17, 15) is 4.57 Å². The van der Waals surface area contributed by atoms with Crippen LogP contribution >= 0.6 is 7.60 Å². The molecule has 2 aliphatic carbocycles. The van der Waals surface area contributed by atoms with E-state index in [-0.39, 0.29) is 37.6 Å². The lowest BCUT2D eigenvalue weighted by Crippen LogP contribution is -2.26. The maximum atomic E-state index is 13.0. The Kier molecular flexibility index (Phi) is 7.02. The Hall–Kier alpha value is -2.56. The topological polar surface area (TPSA) is 133 Å². The van der Waals surface area contributed by atoms with E-state index in [1.54, 1.807) is 27.3 Å². The summed E-state index contributed by atoms with van der Waals surface area (Å²) in [5, 5.41) is 0. The normalized spacial score (nSPS) is 25.2. The van der Waals surface area contributed by atoms with Crippen molar-refractivity contribution in [3.63, 3.8) is 0 Å². The summed E-state index contributed by atoms with van der Waals surface area (Å²) in [6.45, 7) is 4.57. The molecule has 0 amide bonds. The van der Waals surface area contributed by atoms with Crippen molar-refractivity contribution in [3.8, 4) is 5.75 Å². The van der Waals surface area contributed by atoms with Crippen LogP contribution in [0.15, 0.2) is 36.9 Å². The van der Waals surface area contributed by atoms with Gasteiger partial charge in [-0.1, -0.05) is 12.1 Å². The second-order valence-corrected chi connectivity index (χ2v) is 11.1. The Bertz CT molecular complexity index is 1240. The quantitative estimate of drug-likeness (QED) is 0.352. The van der Waals surface area contributed by atoms with Gasteiger partial charge in [-0.15, -0.1) is 0 Å². The van der Waals surface area contributed by atoms with Crippen LogP contribution < -0.4 is 10.5 Å². The highest BCUT2D eigenvalue weighted by molar-refractivity contribution is 7.53. The molecule has 0 aliphatic heterocycles. The summed E-state index contributed by atoms with van der Waals surface area (Å²) in [5.74, 6) is 1.25. The van der Waals surface area contributed by atoms with Crippen molar-refractivity contribution in [1.29, 1.82) is 0 Å². The van der Waals surface area contributed by atoms with Crippen LogP contribution in [0.4, 0.5) is 5.82 Å². The number of ether oxygens (including phenoxy) is 3. The molecular weight excluding hydrogens is 485 g/mol. The number of aromatic nitrogens is 4. The molecule has 2 N–H and O–H groups in total. The van der Waals surface area contributed by atoms with Gasteiger partial charge in [-0.25, -0.2) is 15.0 Å². The van der Waals surface area contributed by atoms with Crippen molar-refractivity contribution in [3.05, 3.63) is 42.5 Å². The first kappa shape index (κ1) is 25.1. The number of rotatable bonds is 12. The SMILES string of the molecule is CCOP(=O)(CO[C@@]12CC1[C@@H](n1cnc3c(N)ncnc31)[C@@H](OCc1ccc(OC)cc1)C2)OCC. The molecule has 5 rings (SSSR count). The summed E-state index contributed by atoms with van der Waals surface area (Å²) in [6, 6.07) is 7.71. The summed E-state index contributed by atoms with van der Waals surface area (Å²) in [7, 11) is -1.69. The standard InChI is InChI=1S/C24H32N5O6P/c1-4-34-36(30,35-5-2)15-33-24-10-18(24)21(29-14-28-20-22(25)26-13-27-23(20)29)19(11-24)32-12-16-6-8-17(31-3)9-7-16/h6-9,13-14,18-19,21H,4-5,10-12,15H2,1-3H3,(H2,25,26,27)/t18?,19-,21+,24+/m0/s1. The molecule has 11 nitrogen and oxygen atoms in total. The number of anilines is 1. The van der Waals surface area contributed by atoms with Crippen molar-refractivity contribution >= 4 is 24.6 Å². The third-order valence-electron chi connectivity index (χ3n) is 6.91. The third kappa shape index (κ3) is 4.73. The van der Waals surface area contributed by atoms with E-state index in [1.165, 1.54) is 6.33 Å². The highest BCUT2D eigenvalue weighted by Crippen LogP contribution is 2.65. The van der Waals surface area contributed by atoms with E-state index < -0.39 is 13.2 Å². The summed E-state index contributed by atoms with van der Waals surface area (Å²) in [5.41, 5.74) is 7.80. The lowest BCUT2D eigenvalue weighted by atomic mass is 10.1. The van der Waals surface area contributed by atoms with E-state index in [2.05, 4.69) is 15.0 Å². The molecule has 1 unspecified atom stereocenters. The molecule has 2 aromatic heterocycles. The van der Waals surface area contributed by atoms with E-state index in [4.69, 9.17) is 29.0 Å². The van der Waals surface area contributed by atoms with Crippen molar-refractivity contribution in [2.45, 2.75) is 51.0 Å². The Balaban J connectivity index is 1.39. The van der Waals surface area contributed by atoms with Gasteiger partial charge in [-0.05, 0) is 38.0 Å². The Labute approximate surface area is 209 Å². The lowest BCUT2D eigenvalue weighted by Gasteiger charge is -2.25. The van der Waals surface area contributed by atoms with Gasteiger partial charge in [-0.2, -0.15) is 0 Å². The minimum atomic E-state index is -3.34. The van der Waals surface area contributed by atoms with Gasteiger partial charge in [0.05, 0.1) is 51.0 Å². The second kappa shape index (κ2) is 10.1. The molecule has 1 aromatic carbocycles. The molecule has 0 bridgehead atoms. The molecule has 2 aliphatic rings. The first-order chi connectivity index (χ1) is 17.4. The van der Waals surface area contributed by atoms with Crippen LogP contribution in [0, 0.1) is 5.92 Å². The van der Waals surface area contributed by atoms with Crippen LogP contribution in [0.25, 0.3) is 11.2 Å². The zero-order chi connectivity index (χ0) is 25.3. The predicted molar refractivity (Wildman–Crippen MR) is 133 cm³/mol. The fourth-order valence-electron chi connectivity index (χ4n) is 5.18. The predicted octanol–water partition coefficient (Wildman–Crippen LogP) is 3.95. The molecule has 0 saturated heterocycles. The van der Waals surface area contributed by atoms with Crippen molar-refractivity contribution in [1.82, 2.24) is 19.5 Å². The average molecular weight is 518 g/mol. The molecular formula is C24H32N5O6P. The van der Waals surface area contributed by atoms with Crippen molar-refractivity contribution < 1.29 is 27.8 Å². The van der Waals surface area contributed by atoms with Gasteiger partial charge in [0.15, 0.2) is 11.5 Å². The van der Waals surface area contributed by atoms with Crippen LogP contribution in [-0.4, -0.2) is 57.9 Å². The summed E-state index contributed by atoms with van der Waals surface area (Å²) in [6.07, 6.45) is 4.34. The average Bonchev–Trinajstić information content (AvgIpc) is 3.24. The number of methoxy groups -OCH3 is 1. The summed E-state index contributed by atoms with van der Waals surface area (Å²) in [4.78, 5) is 13.0. The Morgan fingerprint density at radius 3 is 2.56 bits per heavy atom. The summed E-state index contributed by atoms with van der Waals surface area (Å²) < 4.78 is 43.9. The Morgan fingerprint density at radius 2 is 1.86 bits per heavy atom. The van der Waals surface area contributed by atoms with Crippen LogP contribution in [0.2, 0.25) is 0 Å². The minimum Gasteiger partial charge on any atom is -0.497 e. The molecule has 0 spiro atoms. The van der Waals surface area contributed by atoms with Gasteiger partial charge in [0.2, 0.25) is 0 Å². The number of imidazole rings is 1. The highest BCUT2D eigenvalue weighted by atomic mass is 31.2. The van der Waals surface area contributed by atoms with Gasteiger partial charge in [0.25, 0.3) is 0 Å². The van der Waals surface area contributed by atoms with E-state index in [1.807, 2.05) is 28.8 Å². The number of nitrogen functional groups attached to an aromatic ring is 1. The third-order valence-corrected chi connectivity index (χ3v) is 8.66. The number of hydrogen-bond acceptors (Lipinski definition) is 10. The molecule has 2 saturated carbocycles. The zero-order valence-corrected chi connectivity index (χ0v) is 21.6. The van der Waals surface area contributed by atoms with E-state index in [0.717, 1.165) is 17.7 Å². The molecule has 2 fully saturated rings. The van der Waals surface area contributed by atoms with Gasteiger partial charge in [-0.3, -0.25) is 4.57 Å². The minimum absolute atomic E-state index is 0.0823. The van der Waals surface area contributed by atoms with E-state index in [0.29, 0.717) is 30.0 Å². The van der Waals surface area contributed by atoms with Gasteiger partial charge in [0, 0.05) is 12.3 Å². The first-order valence-corrected chi connectivity index (χ1v) is 13.8. The first-order valence-electron chi connectivity index (χ1n) is 12.1. The van der Waals surface area contributed by atoms with Gasteiger partial charge < -0.3 is 33.6 Å². The lowest BCUT2D eigenvalue weighted by molar-refractivity contribution is -0.0151. The number of benzene rings is 1. The van der Waals surface area contributed by atoms with E-state index >= 15 is 0 Å². The number of hydrogen-bond donors (Lipinski definition) is 1. The van der Waals surface area contributed by atoms with Crippen LogP contribution in [0.3, 0.4) is 0 Å². The van der Waals surface area contributed by atoms with Crippen molar-refractivity contribution in [2.24, 2.45) is 5.92 Å². The van der Waals surface area contributed by atoms with Crippen LogP contribution in [0.1, 0.15) is 38.3 Å². The van der Waals surface area contributed by atoms with Crippen LogP contribution in [-0.2, 0) is 29.7 Å². The van der Waals surface area contributed by atoms with Crippen LogP contribution in [0.5, 0.6) is 5.75 Å². The highest BCUT2D eigenvalue weighted by Gasteiger charge is 2.68. The molecule has 12 heteroatoms. The second-order valence-electron chi connectivity index (χ2n) is 9.07.